The van der Waals surface area contributed by atoms with Crippen LogP contribution in [0.3, 0.4) is 0 Å². The number of anilines is 1. The molecule has 23 heavy (non-hydrogen) atoms. The first kappa shape index (κ1) is 17.2. The second-order valence-corrected chi connectivity index (χ2v) is 6.97. The third-order valence-corrected chi connectivity index (χ3v) is 4.75. The van der Waals surface area contributed by atoms with Gasteiger partial charge in [0.25, 0.3) is 0 Å². The van der Waals surface area contributed by atoms with Crippen LogP contribution in [0.5, 0.6) is 0 Å². The lowest BCUT2D eigenvalue weighted by atomic mass is 10.0. The molecule has 0 saturated carbocycles. The SMILES string of the molecule is Cc1ccc(CCCC(=O)Nc2ccc(C(C)C(=O)O)cc2)s1. The minimum absolute atomic E-state index is 0.0164. The second kappa shape index (κ2) is 7.92. The molecule has 1 aromatic heterocycles. The molecule has 0 aliphatic heterocycles. The molecule has 0 aliphatic carbocycles. The summed E-state index contributed by atoms with van der Waals surface area (Å²) in [6.07, 6.45) is 2.21. The molecule has 2 aromatic rings. The lowest BCUT2D eigenvalue weighted by Gasteiger charge is -2.09. The number of rotatable bonds is 7. The van der Waals surface area contributed by atoms with Gasteiger partial charge in [0.2, 0.25) is 5.91 Å². The maximum absolute atomic E-state index is 11.9. The smallest absolute Gasteiger partial charge is 0.310 e. The second-order valence-electron chi connectivity index (χ2n) is 5.60. The van der Waals surface area contributed by atoms with Gasteiger partial charge in [-0.3, -0.25) is 9.59 Å². The average molecular weight is 331 g/mol. The molecule has 1 heterocycles. The van der Waals surface area contributed by atoms with Crippen molar-refractivity contribution in [2.45, 2.75) is 39.0 Å². The molecule has 1 atom stereocenters. The molecule has 2 rings (SSSR count). The predicted octanol–water partition coefficient (Wildman–Crippen LogP) is 4.21. The van der Waals surface area contributed by atoms with Crippen molar-refractivity contribution >= 4 is 28.9 Å². The van der Waals surface area contributed by atoms with E-state index in [2.05, 4.69) is 24.4 Å². The number of carboxylic acids is 1. The number of aliphatic carboxylic acids is 1. The summed E-state index contributed by atoms with van der Waals surface area (Å²) in [4.78, 5) is 25.5. The van der Waals surface area contributed by atoms with E-state index in [1.165, 1.54) is 9.75 Å². The third-order valence-electron chi connectivity index (χ3n) is 3.69. The van der Waals surface area contributed by atoms with Crippen LogP contribution in [0.2, 0.25) is 0 Å². The Hall–Kier alpha value is -2.14. The number of hydrogen-bond donors (Lipinski definition) is 2. The summed E-state index contributed by atoms with van der Waals surface area (Å²) in [6, 6.07) is 11.2. The Bertz CT molecular complexity index is 676. The normalized spacial score (nSPS) is 11.9. The molecule has 0 aliphatic rings. The maximum atomic E-state index is 11.9. The Morgan fingerprint density at radius 3 is 2.43 bits per heavy atom. The van der Waals surface area contributed by atoms with Crippen LogP contribution in [-0.2, 0) is 16.0 Å². The quantitative estimate of drug-likeness (QED) is 0.799. The molecule has 0 fully saturated rings. The number of benzene rings is 1. The van der Waals surface area contributed by atoms with E-state index in [0.717, 1.165) is 18.4 Å². The molecule has 4 nitrogen and oxygen atoms in total. The lowest BCUT2D eigenvalue weighted by molar-refractivity contribution is -0.138. The summed E-state index contributed by atoms with van der Waals surface area (Å²) in [6.45, 7) is 3.72. The predicted molar refractivity (Wildman–Crippen MR) is 93.1 cm³/mol. The number of aryl methyl sites for hydroxylation is 2. The fourth-order valence-electron chi connectivity index (χ4n) is 2.26. The zero-order chi connectivity index (χ0) is 16.8. The summed E-state index contributed by atoms with van der Waals surface area (Å²) in [5.41, 5.74) is 1.42. The highest BCUT2D eigenvalue weighted by molar-refractivity contribution is 7.11. The number of carbonyl (C=O) groups excluding carboxylic acids is 1. The van der Waals surface area contributed by atoms with Crippen LogP contribution in [0.15, 0.2) is 36.4 Å². The molecular formula is C18H21NO3S. The largest absolute Gasteiger partial charge is 0.481 e. The van der Waals surface area contributed by atoms with E-state index in [1.807, 2.05) is 0 Å². The van der Waals surface area contributed by atoms with Crippen LogP contribution in [0.4, 0.5) is 5.69 Å². The van der Waals surface area contributed by atoms with E-state index in [1.54, 1.807) is 42.5 Å². The Balaban J connectivity index is 1.79. The van der Waals surface area contributed by atoms with E-state index in [4.69, 9.17) is 5.11 Å². The number of hydrogen-bond acceptors (Lipinski definition) is 3. The van der Waals surface area contributed by atoms with Gasteiger partial charge in [-0.2, -0.15) is 0 Å². The first-order valence-corrected chi connectivity index (χ1v) is 8.45. The van der Waals surface area contributed by atoms with Crippen LogP contribution in [0.1, 0.15) is 41.0 Å². The third kappa shape index (κ3) is 5.21. The van der Waals surface area contributed by atoms with Crippen LogP contribution < -0.4 is 5.32 Å². The van der Waals surface area contributed by atoms with Crippen LogP contribution in [0.25, 0.3) is 0 Å². The minimum atomic E-state index is -0.856. The van der Waals surface area contributed by atoms with Gasteiger partial charge in [0, 0.05) is 21.9 Å². The highest BCUT2D eigenvalue weighted by atomic mass is 32.1. The molecular weight excluding hydrogens is 310 g/mol. The topological polar surface area (TPSA) is 66.4 Å². The summed E-state index contributed by atoms with van der Waals surface area (Å²) in [7, 11) is 0. The van der Waals surface area contributed by atoms with Gasteiger partial charge in [0.1, 0.15) is 0 Å². The van der Waals surface area contributed by atoms with Crippen molar-refractivity contribution in [1.82, 2.24) is 0 Å². The summed E-state index contributed by atoms with van der Waals surface area (Å²) < 4.78 is 0. The fourth-order valence-corrected chi connectivity index (χ4v) is 3.20. The molecule has 2 N–H and O–H groups in total. The van der Waals surface area contributed by atoms with E-state index >= 15 is 0 Å². The van der Waals surface area contributed by atoms with E-state index < -0.39 is 11.9 Å². The van der Waals surface area contributed by atoms with Crippen LogP contribution >= 0.6 is 11.3 Å². The van der Waals surface area contributed by atoms with Crippen molar-refractivity contribution in [1.29, 1.82) is 0 Å². The number of carbonyl (C=O) groups is 2. The van der Waals surface area contributed by atoms with Crippen molar-refractivity contribution < 1.29 is 14.7 Å². The lowest BCUT2D eigenvalue weighted by Crippen LogP contribution is -2.12. The Kier molecular flexibility index (Phi) is 5.93. The van der Waals surface area contributed by atoms with E-state index in [9.17, 15) is 9.59 Å². The molecule has 0 bridgehead atoms. The molecule has 0 radical (unpaired) electrons. The fraction of sp³-hybridized carbons (Fsp3) is 0.333. The summed E-state index contributed by atoms with van der Waals surface area (Å²) in [5.74, 6) is -1.42. The highest BCUT2D eigenvalue weighted by Gasteiger charge is 2.13. The number of carboxylic acid groups (broad SMARTS) is 1. The van der Waals surface area contributed by atoms with Crippen molar-refractivity contribution in [3.8, 4) is 0 Å². The number of thiophene rings is 1. The Labute approximate surface area is 140 Å². The first-order chi connectivity index (χ1) is 11.0. The molecule has 1 amide bonds. The van der Waals surface area contributed by atoms with Crippen LogP contribution in [-0.4, -0.2) is 17.0 Å². The van der Waals surface area contributed by atoms with E-state index in [-0.39, 0.29) is 5.91 Å². The van der Waals surface area contributed by atoms with Gasteiger partial charge < -0.3 is 10.4 Å². The summed E-state index contributed by atoms with van der Waals surface area (Å²) >= 11 is 1.77. The van der Waals surface area contributed by atoms with Crippen molar-refractivity contribution in [3.63, 3.8) is 0 Å². The van der Waals surface area contributed by atoms with Gasteiger partial charge in [-0.1, -0.05) is 12.1 Å². The van der Waals surface area contributed by atoms with Gasteiger partial charge in [0.05, 0.1) is 5.92 Å². The molecule has 5 heteroatoms. The molecule has 122 valence electrons. The molecule has 1 aromatic carbocycles. The highest BCUT2D eigenvalue weighted by Crippen LogP contribution is 2.19. The summed E-state index contributed by atoms with van der Waals surface area (Å²) in [5, 5.41) is 11.8. The number of amides is 1. The van der Waals surface area contributed by atoms with Crippen molar-refractivity contribution in [2.75, 3.05) is 5.32 Å². The average Bonchev–Trinajstić information content (AvgIpc) is 2.92. The molecule has 0 saturated heterocycles. The number of nitrogens with one attached hydrogen (secondary N) is 1. The van der Waals surface area contributed by atoms with Crippen LogP contribution in [0, 0.1) is 6.92 Å². The Morgan fingerprint density at radius 1 is 1.17 bits per heavy atom. The Morgan fingerprint density at radius 2 is 1.87 bits per heavy atom. The van der Waals surface area contributed by atoms with Gasteiger partial charge in [-0.05, 0) is 56.5 Å². The zero-order valence-corrected chi connectivity index (χ0v) is 14.2. The van der Waals surface area contributed by atoms with Crippen molar-refractivity contribution in [2.24, 2.45) is 0 Å². The minimum Gasteiger partial charge on any atom is -0.481 e. The van der Waals surface area contributed by atoms with Gasteiger partial charge >= 0.3 is 5.97 Å². The van der Waals surface area contributed by atoms with E-state index in [0.29, 0.717) is 12.1 Å². The van der Waals surface area contributed by atoms with Gasteiger partial charge in [-0.15, -0.1) is 11.3 Å². The van der Waals surface area contributed by atoms with Gasteiger partial charge in [0.15, 0.2) is 0 Å². The zero-order valence-electron chi connectivity index (χ0n) is 13.3. The first-order valence-electron chi connectivity index (χ1n) is 7.63. The molecule has 0 spiro atoms. The monoisotopic (exact) mass is 331 g/mol. The standard InChI is InChI=1S/C18H21NO3S/c1-12-6-11-16(23-12)4-3-5-17(20)19-15-9-7-14(8-10-15)13(2)18(21)22/h6-11,13H,3-5H2,1-2H3,(H,19,20)(H,21,22). The molecule has 1 unspecified atom stereocenters. The van der Waals surface area contributed by atoms with Crippen molar-refractivity contribution in [3.05, 3.63) is 51.7 Å². The van der Waals surface area contributed by atoms with Gasteiger partial charge in [-0.25, -0.2) is 0 Å². The maximum Gasteiger partial charge on any atom is 0.310 e.